The lowest BCUT2D eigenvalue weighted by Crippen LogP contribution is -2.50. The molecule has 2 amide bonds. The van der Waals surface area contributed by atoms with Gasteiger partial charge in [-0.3, -0.25) is 9.59 Å². The highest BCUT2D eigenvalue weighted by Crippen LogP contribution is 2.27. The van der Waals surface area contributed by atoms with Crippen molar-refractivity contribution in [2.45, 2.75) is 25.3 Å². The molecule has 176 valence electrons. The Kier molecular flexibility index (Phi) is 8.78. The first kappa shape index (κ1) is 24.6. The molecule has 0 radical (unpaired) electrons. The molecule has 0 aliphatic carbocycles. The molecule has 1 saturated heterocycles. The lowest BCUT2D eigenvalue weighted by Gasteiger charge is -2.40. The molecule has 0 aromatic heterocycles. The van der Waals surface area contributed by atoms with E-state index in [4.69, 9.17) is 0 Å². The van der Waals surface area contributed by atoms with Crippen molar-refractivity contribution < 1.29 is 14.0 Å². The van der Waals surface area contributed by atoms with Crippen molar-refractivity contribution in [2.24, 2.45) is 5.92 Å². The maximum absolute atomic E-state index is 14.6. The number of carbonyl (C=O) groups excluding carboxylic acids is 2. The molecule has 2 aromatic rings. The third kappa shape index (κ3) is 6.99. The van der Waals surface area contributed by atoms with Crippen molar-refractivity contribution in [1.82, 2.24) is 14.7 Å². The molecule has 1 fully saturated rings. The second kappa shape index (κ2) is 11.8. The summed E-state index contributed by atoms with van der Waals surface area (Å²) >= 11 is 0. The van der Waals surface area contributed by atoms with Crippen LogP contribution in [0.4, 0.5) is 4.39 Å². The van der Waals surface area contributed by atoms with Crippen LogP contribution >= 0.6 is 0 Å². The van der Waals surface area contributed by atoms with Gasteiger partial charge < -0.3 is 14.7 Å². The standard InChI is InChI=1S/C27H34FN3O2/c1-29(2)20-26(32)30(3)25(19-22-12-8-5-9-13-22)23-14-16-31(17-15-23)27(33)24(28)18-21-10-6-4-7-11-21/h4-13,18,23,25H,14-17,19-20H2,1-3H3. The average molecular weight is 452 g/mol. The summed E-state index contributed by atoms with van der Waals surface area (Å²) in [5.41, 5.74) is 1.85. The summed E-state index contributed by atoms with van der Waals surface area (Å²) in [6.45, 7) is 1.33. The zero-order chi connectivity index (χ0) is 23.8. The number of likely N-dealkylation sites (N-methyl/N-ethyl adjacent to an activating group) is 2. The molecule has 1 aliphatic heterocycles. The van der Waals surface area contributed by atoms with E-state index in [1.54, 1.807) is 17.0 Å². The SMILES string of the molecule is CN(C)CC(=O)N(C)C(Cc1ccccc1)C1CCN(C(=O)C(F)=Cc2ccccc2)CC1. The minimum atomic E-state index is -0.737. The first-order chi connectivity index (χ1) is 15.8. The summed E-state index contributed by atoms with van der Waals surface area (Å²) in [6, 6.07) is 19.2. The molecule has 5 nitrogen and oxygen atoms in total. The summed E-state index contributed by atoms with van der Waals surface area (Å²) in [4.78, 5) is 30.8. The van der Waals surface area contributed by atoms with Gasteiger partial charge in [-0.1, -0.05) is 60.7 Å². The van der Waals surface area contributed by atoms with E-state index in [0.29, 0.717) is 25.2 Å². The first-order valence-electron chi connectivity index (χ1n) is 11.5. The quantitative estimate of drug-likeness (QED) is 0.573. The maximum atomic E-state index is 14.6. The van der Waals surface area contributed by atoms with Crippen molar-refractivity contribution in [3.05, 3.63) is 77.6 Å². The fourth-order valence-corrected chi connectivity index (χ4v) is 4.44. The van der Waals surface area contributed by atoms with Crippen LogP contribution in [-0.2, 0) is 16.0 Å². The second-order valence-electron chi connectivity index (χ2n) is 9.03. The Labute approximate surface area is 196 Å². The van der Waals surface area contributed by atoms with Crippen molar-refractivity contribution in [1.29, 1.82) is 0 Å². The third-order valence-corrected chi connectivity index (χ3v) is 6.30. The fraction of sp³-hybridized carbons (Fsp3) is 0.407. The monoisotopic (exact) mass is 451 g/mol. The molecule has 1 unspecified atom stereocenters. The number of rotatable bonds is 8. The molecule has 2 aromatic carbocycles. The molecule has 1 heterocycles. The highest BCUT2D eigenvalue weighted by atomic mass is 19.1. The molecular weight excluding hydrogens is 417 g/mol. The van der Waals surface area contributed by atoms with Crippen LogP contribution in [0.5, 0.6) is 0 Å². The molecule has 0 saturated carbocycles. The number of carbonyl (C=O) groups is 2. The largest absolute Gasteiger partial charge is 0.341 e. The van der Waals surface area contributed by atoms with E-state index >= 15 is 0 Å². The van der Waals surface area contributed by atoms with E-state index in [1.165, 1.54) is 11.6 Å². The fourth-order valence-electron chi connectivity index (χ4n) is 4.44. The molecule has 0 spiro atoms. The van der Waals surface area contributed by atoms with Crippen molar-refractivity contribution in [3.63, 3.8) is 0 Å². The minimum Gasteiger partial charge on any atom is -0.341 e. The average Bonchev–Trinajstić information content (AvgIpc) is 2.82. The van der Waals surface area contributed by atoms with E-state index in [9.17, 15) is 14.0 Å². The molecule has 3 rings (SSSR count). The normalized spacial score (nSPS) is 16.0. The van der Waals surface area contributed by atoms with Gasteiger partial charge in [0.05, 0.1) is 6.54 Å². The lowest BCUT2D eigenvalue weighted by molar-refractivity contribution is -0.135. The molecule has 0 bridgehead atoms. The van der Waals surface area contributed by atoms with Crippen LogP contribution in [-0.4, -0.2) is 73.3 Å². The molecule has 33 heavy (non-hydrogen) atoms. The van der Waals surface area contributed by atoms with Crippen LogP contribution < -0.4 is 0 Å². The molecule has 1 aliphatic rings. The molecular formula is C27H34FN3O2. The predicted molar refractivity (Wildman–Crippen MR) is 130 cm³/mol. The van der Waals surface area contributed by atoms with E-state index in [0.717, 1.165) is 19.3 Å². The number of hydrogen-bond acceptors (Lipinski definition) is 3. The zero-order valence-corrected chi connectivity index (χ0v) is 19.8. The lowest BCUT2D eigenvalue weighted by atomic mass is 9.85. The Morgan fingerprint density at radius 3 is 2.15 bits per heavy atom. The number of benzene rings is 2. The van der Waals surface area contributed by atoms with E-state index in [-0.39, 0.29) is 17.9 Å². The van der Waals surface area contributed by atoms with Gasteiger partial charge in [-0.2, -0.15) is 0 Å². The van der Waals surface area contributed by atoms with E-state index in [1.807, 2.05) is 67.3 Å². The topological polar surface area (TPSA) is 43.9 Å². The van der Waals surface area contributed by atoms with Crippen LogP contribution in [0.25, 0.3) is 6.08 Å². The van der Waals surface area contributed by atoms with Gasteiger partial charge in [0.15, 0.2) is 5.83 Å². The second-order valence-corrected chi connectivity index (χ2v) is 9.03. The summed E-state index contributed by atoms with van der Waals surface area (Å²) in [5, 5.41) is 0. The maximum Gasteiger partial charge on any atom is 0.282 e. The van der Waals surface area contributed by atoms with Gasteiger partial charge in [-0.25, -0.2) is 4.39 Å². The summed E-state index contributed by atoms with van der Waals surface area (Å²) < 4.78 is 14.6. The van der Waals surface area contributed by atoms with E-state index in [2.05, 4.69) is 12.1 Å². The van der Waals surface area contributed by atoms with Gasteiger partial charge in [-0.05, 0) is 56.5 Å². The van der Waals surface area contributed by atoms with Crippen LogP contribution in [0.1, 0.15) is 24.0 Å². The van der Waals surface area contributed by atoms with Gasteiger partial charge in [0.2, 0.25) is 5.91 Å². The first-order valence-corrected chi connectivity index (χ1v) is 11.5. The molecule has 1 atom stereocenters. The predicted octanol–water partition coefficient (Wildman–Crippen LogP) is 3.87. The van der Waals surface area contributed by atoms with Crippen LogP contribution in [0.2, 0.25) is 0 Å². The minimum absolute atomic E-state index is 0.0295. The summed E-state index contributed by atoms with van der Waals surface area (Å²) in [6.07, 6.45) is 3.53. The van der Waals surface area contributed by atoms with Crippen molar-refractivity contribution in [3.8, 4) is 0 Å². The van der Waals surface area contributed by atoms with Crippen LogP contribution in [0.3, 0.4) is 0 Å². The number of amides is 2. The van der Waals surface area contributed by atoms with Crippen molar-refractivity contribution >= 4 is 17.9 Å². The Morgan fingerprint density at radius 1 is 1.00 bits per heavy atom. The Hall–Kier alpha value is -2.99. The summed E-state index contributed by atoms with van der Waals surface area (Å²) in [7, 11) is 5.65. The summed E-state index contributed by atoms with van der Waals surface area (Å²) in [5.74, 6) is -0.976. The number of hydrogen-bond donors (Lipinski definition) is 0. The highest BCUT2D eigenvalue weighted by molar-refractivity contribution is 5.95. The molecule has 6 heteroatoms. The highest BCUT2D eigenvalue weighted by Gasteiger charge is 2.33. The Bertz CT molecular complexity index is 938. The Morgan fingerprint density at radius 2 is 1.58 bits per heavy atom. The zero-order valence-electron chi connectivity index (χ0n) is 19.8. The number of piperidine rings is 1. The Balaban J connectivity index is 1.67. The van der Waals surface area contributed by atoms with E-state index < -0.39 is 11.7 Å². The number of nitrogens with zero attached hydrogens (tertiary/aromatic N) is 3. The van der Waals surface area contributed by atoms with Crippen LogP contribution in [0, 0.1) is 5.92 Å². The van der Waals surface area contributed by atoms with Gasteiger partial charge in [0, 0.05) is 26.2 Å². The smallest absolute Gasteiger partial charge is 0.282 e. The number of likely N-dealkylation sites (tertiary alicyclic amines) is 1. The van der Waals surface area contributed by atoms with Gasteiger partial charge in [0.25, 0.3) is 5.91 Å². The molecule has 0 N–H and O–H groups in total. The number of halogens is 1. The van der Waals surface area contributed by atoms with Crippen molar-refractivity contribution in [2.75, 3.05) is 40.8 Å². The van der Waals surface area contributed by atoms with Gasteiger partial charge in [-0.15, -0.1) is 0 Å². The van der Waals surface area contributed by atoms with Gasteiger partial charge >= 0.3 is 0 Å². The van der Waals surface area contributed by atoms with Crippen LogP contribution in [0.15, 0.2) is 66.5 Å². The third-order valence-electron chi connectivity index (χ3n) is 6.30. The van der Waals surface area contributed by atoms with Gasteiger partial charge in [0.1, 0.15) is 0 Å².